The molecular formula is C6H8N2OS. The lowest BCUT2D eigenvalue weighted by Crippen LogP contribution is -1.94. The standard InChI is InChI=1S/C6H8N2OS/c1-9-5-4-7-8-2-3-10-6(5)8/h4H,2-3H2,1H3. The first-order chi connectivity index (χ1) is 4.92. The van der Waals surface area contributed by atoms with Gasteiger partial charge >= 0.3 is 0 Å². The van der Waals surface area contributed by atoms with Crippen LogP contribution in [0.2, 0.25) is 0 Å². The number of aryl methyl sites for hydroxylation is 1. The first-order valence-corrected chi connectivity index (χ1v) is 4.13. The van der Waals surface area contributed by atoms with E-state index in [1.807, 2.05) is 4.68 Å². The van der Waals surface area contributed by atoms with Crippen LogP contribution in [0.4, 0.5) is 0 Å². The van der Waals surface area contributed by atoms with Crippen molar-refractivity contribution in [3.8, 4) is 5.75 Å². The van der Waals surface area contributed by atoms with Crippen molar-refractivity contribution in [3.05, 3.63) is 6.20 Å². The summed E-state index contributed by atoms with van der Waals surface area (Å²) in [5, 5.41) is 5.31. The normalized spacial score (nSPS) is 15.3. The molecule has 54 valence electrons. The van der Waals surface area contributed by atoms with Crippen LogP contribution in [0.3, 0.4) is 0 Å². The van der Waals surface area contributed by atoms with E-state index in [9.17, 15) is 0 Å². The van der Waals surface area contributed by atoms with E-state index in [2.05, 4.69) is 5.10 Å². The fourth-order valence-corrected chi connectivity index (χ4v) is 2.05. The molecule has 1 aromatic heterocycles. The first kappa shape index (κ1) is 6.09. The maximum Gasteiger partial charge on any atom is 0.170 e. The van der Waals surface area contributed by atoms with Crippen molar-refractivity contribution in [2.24, 2.45) is 0 Å². The van der Waals surface area contributed by atoms with Crippen LogP contribution in [0.1, 0.15) is 0 Å². The van der Waals surface area contributed by atoms with E-state index < -0.39 is 0 Å². The fraction of sp³-hybridized carbons (Fsp3) is 0.500. The van der Waals surface area contributed by atoms with E-state index in [1.54, 1.807) is 25.1 Å². The second kappa shape index (κ2) is 2.20. The summed E-state index contributed by atoms with van der Waals surface area (Å²) in [5.74, 6) is 2.03. The third-order valence-electron chi connectivity index (χ3n) is 1.52. The fourth-order valence-electron chi connectivity index (χ4n) is 1.03. The van der Waals surface area contributed by atoms with Gasteiger partial charge < -0.3 is 4.74 Å². The van der Waals surface area contributed by atoms with Crippen LogP contribution in [0.5, 0.6) is 5.75 Å². The van der Waals surface area contributed by atoms with Crippen LogP contribution in [0.25, 0.3) is 0 Å². The Kier molecular flexibility index (Phi) is 1.34. The summed E-state index contributed by atoms with van der Waals surface area (Å²) < 4.78 is 7.07. The van der Waals surface area contributed by atoms with Crippen LogP contribution >= 0.6 is 11.8 Å². The SMILES string of the molecule is COc1cnn2c1SCC2. The number of fused-ring (bicyclic) bond motifs is 1. The van der Waals surface area contributed by atoms with Gasteiger partial charge in [0.25, 0.3) is 0 Å². The zero-order chi connectivity index (χ0) is 6.97. The number of nitrogens with zero attached hydrogens (tertiary/aromatic N) is 2. The number of hydrogen-bond acceptors (Lipinski definition) is 3. The Morgan fingerprint density at radius 2 is 2.70 bits per heavy atom. The van der Waals surface area contributed by atoms with Gasteiger partial charge in [-0.25, -0.2) is 0 Å². The molecule has 0 spiro atoms. The molecule has 0 amide bonds. The Balaban J connectivity index is 2.44. The van der Waals surface area contributed by atoms with Gasteiger partial charge in [0.05, 0.1) is 19.9 Å². The molecule has 2 heterocycles. The Morgan fingerprint density at radius 1 is 1.80 bits per heavy atom. The van der Waals surface area contributed by atoms with Gasteiger partial charge in [-0.15, -0.1) is 11.8 Å². The second-order valence-corrected chi connectivity index (χ2v) is 3.17. The number of methoxy groups -OCH3 is 1. The molecule has 3 nitrogen and oxygen atoms in total. The van der Waals surface area contributed by atoms with Crippen molar-refractivity contribution in [1.82, 2.24) is 9.78 Å². The largest absolute Gasteiger partial charge is 0.492 e. The molecule has 2 rings (SSSR count). The average Bonchev–Trinajstić information content (AvgIpc) is 2.44. The van der Waals surface area contributed by atoms with Crippen LogP contribution in [-0.2, 0) is 6.54 Å². The van der Waals surface area contributed by atoms with Gasteiger partial charge in [-0.2, -0.15) is 5.10 Å². The van der Waals surface area contributed by atoms with Gasteiger partial charge in [-0.1, -0.05) is 0 Å². The number of thioether (sulfide) groups is 1. The molecule has 10 heavy (non-hydrogen) atoms. The minimum atomic E-state index is 0.905. The van der Waals surface area contributed by atoms with Crippen LogP contribution < -0.4 is 4.74 Å². The van der Waals surface area contributed by atoms with Gasteiger partial charge in [0.15, 0.2) is 5.75 Å². The van der Waals surface area contributed by atoms with Crippen molar-refractivity contribution in [1.29, 1.82) is 0 Å². The zero-order valence-corrected chi connectivity index (χ0v) is 6.52. The third kappa shape index (κ3) is 0.718. The zero-order valence-electron chi connectivity index (χ0n) is 5.70. The molecule has 1 aromatic rings. The summed E-state index contributed by atoms with van der Waals surface area (Å²) >= 11 is 1.80. The molecule has 0 atom stereocenters. The Labute approximate surface area is 63.4 Å². The summed E-state index contributed by atoms with van der Waals surface area (Å²) in [6, 6.07) is 0. The Morgan fingerprint density at radius 3 is 3.50 bits per heavy atom. The monoisotopic (exact) mass is 156 g/mol. The van der Waals surface area contributed by atoms with Crippen molar-refractivity contribution in [3.63, 3.8) is 0 Å². The van der Waals surface area contributed by atoms with E-state index >= 15 is 0 Å². The quantitative estimate of drug-likeness (QED) is 0.607. The number of hydrogen-bond donors (Lipinski definition) is 0. The molecule has 0 N–H and O–H groups in total. The molecule has 0 radical (unpaired) electrons. The van der Waals surface area contributed by atoms with Crippen molar-refractivity contribution in [2.45, 2.75) is 11.6 Å². The third-order valence-corrected chi connectivity index (χ3v) is 2.59. The molecule has 0 saturated carbocycles. The highest BCUT2D eigenvalue weighted by Crippen LogP contribution is 2.33. The van der Waals surface area contributed by atoms with E-state index in [0.29, 0.717) is 0 Å². The van der Waals surface area contributed by atoms with Gasteiger partial charge in [0.1, 0.15) is 5.03 Å². The summed E-state index contributed by atoms with van der Waals surface area (Å²) in [6.07, 6.45) is 1.77. The molecule has 0 bridgehead atoms. The molecule has 0 saturated heterocycles. The Bertz CT molecular complexity index is 246. The molecular weight excluding hydrogens is 148 g/mol. The molecule has 0 unspecified atom stereocenters. The number of rotatable bonds is 1. The molecule has 1 aliphatic rings. The molecule has 0 fully saturated rings. The minimum absolute atomic E-state index is 0.905. The first-order valence-electron chi connectivity index (χ1n) is 3.14. The summed E-state index contributed by atoms with van der Waals surface area (Å²) in [4.78, 5) is 0. The van der Waals surface area contributed by atoms with Gasteiger partial charge in [0.2, 0.25) is 0 Å². The van der Waals surface area contributed by atoms with Crippen molar-refractivity contribution < 1.29 is 4.74 Å². The minimum Gasteiger partial charge on any atom is -0.492 e. The number of ether oxygens (including phenoxy) is 1. The van der Waals surface area contributed by atoms with E-state index in [-0.39, 0.29) is 0 Å². The van der Waals surface area contributed by atoms with Crippen molar-refractivity contribution >= 4 is 11.8 Å². The highest BCUT2D eigenvalue weighted by atomic mass is 32.2. The van der Waals surface area contributed by atoms with Crippen LogP contribution in [-0.4, -0.2) is 22.6 Å². The molecule has 0 aliphatic carbocycles. The summed E-state index contributed by atoms with van der Waals surface area (Å²) in [7, 11) is 1.68. The second-order valence-electron chi connectivity index (χ2n) is 2.09. The lowest BCUT2D eigenvalue weighted by Gasteiger charge is -1.94. The Hall–Kier alpha value is -0.640. The smallest absolute Gasteiger partial charge is 0.170 e. The predicted molar refractivity (Wildman–Crippen MR) is 39.5 cm³/mol. The summed E-state index contributed by atoms with van der Waals surface area (Å²) in [5.41, 5.74) is 0. The molecule has 4 heteroatoms. The maximum absolute atomic E-state index is 5.09. The number of aromatic nitrogens is 2. The summed E-state index contributed by atoms with van der Waals surface area (Å²) in [6.45, 7) is 1.02. The lowest BCUT2D eigenvalue weighted by molar-refractivity contribution is 0.401. The van der Waals surface area contributed by atoms with Gasteiger partial charge in [-0.3, -0.25) is 4.68 Å². The molecule has 1 aliphatic heterocycles. The lowest BCUT2D eigenvalue weighted by atomic mass is 10.6. The highest BCUT2D eigenvalue weighted by Gasteiger charge is 2.16. The van der Waals surface area contributed by atoms with E-state index in [1.165, 1.54) is 5.03 Å². The topological polar surface area (TPSA) is 27.1 Å². The van der Waals surface area contributed by atoms with Crippen LogP contribution in [0.15, 0.2) is 11.2 Å². The van der Waals surface area contributed by atoms with Gasteiger partial charge in [0, 0.05) is 5.75 Å². The van der Waals surface area contributed by atoms with E-state index in [0.717, 1.165) is 18.0 Å². The van der Waals surface area contributed by atoms with Crippen molar-refractivity contribution in [2.75, 3.05) is 12.9 Å². The molecule has 0 aromatic carbocycles. The highest BCUT2D eigenvalue weighted by molar-refractivity contribution is 7.99. The average molecular weight is 156 g/mol. The van der Waals surface area contributed by atoms with Gasteiger partial charge in [-0.05, 0) is 0 Å². The maximum atomic E-state index is 5.09. The van der Waals surface area contributed by atoms with E-state index in [4.69, 9.17) is 4.74 Å². The van der Waals surface area contributed by atoms with Crippen LogP contribution in [0, 0.1) is 0 Å². The predicted octanol–water partition coefficient (Wildman–Crippen LogP) is 0.997.